The predicted octanol–water partition coefficient (Wildman–Crippen LogP) is 0.861. The summed E-state index contributed by atoms with van der Waals surface area (Å²) in [5, 5.41) is 0. The predicted molar refractivity (Wildman–Crippen MR) is 51.0 cm³/mol. The van der Waals surface area contributed by atoms with Crippen LogP contribution in [0.25, 0.3) is 0 Å². The van der Waals surface area contributed by atoms with Crippen molar-refractivity contribution in [2.75, 3.05) is 19.7 Å². The Kier molecular flexibility index (Phi) is 3.39. The quantitative estimate of drug-likeness (QED) is 0.728. The van der Waals surface area contributed by atoms with E-state index in [9.17, 15) is 13.6 Å². The van der Waals surface area contributed by atoms with Crippen LogP contribution < -0.4 is 0 Å². The topological polar surface area (TPSA) is 38.8 Å². The Balaban J connectivity index is 1.76. The van der Waals surface area contributed by atoms with Crippen LogP contribution in [0.5, 0.6) is 0 Å². The van der Waals surface area contributed by atoms with Crippen molar-refractivity contribution >= 4 is 5.91 Å². The number of alkyl halides is 2. The lowest BCUT2D eigenvalue weighted by atomic mass is 9.98. The zero-order valence-corrected chi connectivity index (χ0v) is 9.07. The minimum atomic E-state index is -2.75. The molecule has 4 nitrogen and oxygen atoms in total. The van der Waals surface area contributed by atoms with Gasteiger partial charge in [0, 0.05) is 19.7 Å². The monoisotopic (exact) mass is 235 g/mol. The number of ether oxygens (including phenoxy) is 2. The van der Waals surface area contributed by atoms with Gasteiger partial charge in [-0.15, -0.1) is 0 Å². The lowest BCUT2D eigenvalue weighted by molar-refractivity contribution is -0.200. The van der Waals surface area contributed by atoms with Crippen LogP contribution in [-0.4, -0.2) is 49.3 Å². The molecule has 1 amide bonds. The van der Waals surface area contributed by atoms with Crippen molar-refractivity contribution in [1.82, 2.24) is 4.90 Å². The Morgan fingerprint density at radius 2 is 2.19 bits per heavy atom. The average Bonchev–Trinajstić information content (AvgIpc) is 2.56. The number of nitrogens with zero attached hydrogens (tertiary/aromatic N) is 1. The third-order valence-corrected chi connectivity index (χ3v) is 3.15. The van der Waals surface area contributed by atoms with Crippen molar-refractivity contribution < 1.29 is 23.0 Å². The first-order valence-electron chi connectivity index (χ1n) is 5.42. The molecule has 0 N–H and O–H groups in total. The molecule has 0 aliphatic carbocycles. The van der Waals surface area contributed by atoms with Crippen LogP contribution in [0.2, 0.25) is 0 Å². The number of amides is 1. The minimum absolute atomic E-state index is 0.000818. The van der Waals surface area contributed by atoms with Crippen LogP contribution in [0.15, 0.2) is 0 Å². The summed E-state index contributed by atoms with van der Waals surface area (Å²) in [5.41, 5.74) is 0. The molecule has 16 heavy (non-hydrogen) atoms. The van der Waals surface area contributed by atoms with E-state index in [-0.39, 0.29) is 31.0 Å². The molecule has 2 aliphatic heterocycles. The molecular formula is C10H15F2NO3. The second-order valence-electron chi connectivity index (χ2n) is 4.23. The van der Waals surface area contributed by atoms with Crippen molar-refractivity contribution in [3.05, 3.63) is 0 Å². The van der Waals surface area contributed by atoms with Gasteiger partial charge in [0.2, 0.25) is 5.91 Å². The van der Waals surface area contributed by atoms with Crippen molar-refractivity contribution in [2.45, 2.75) is 32.2 Å². The molecule has 0 aromatic rings. The molecular weight excluding hydrogens is 220 g/mol. The Labute approximate surface area is 92.5 Å². The summed E-state index contributed by atoms with van der Waals surface area (Å²) < 4.78 is 33.3. The van der Waals surface area contributed by atoms with Crippen LogP contribution in [0.1, 0.15) is 13.3 Å². The number of carbonyl (C=O) groups is 1. The maximum Gasteiger partial charge on any atom is 0.345 e. The van der Waals surface area contributed by atoms with Gasteiger partial charge in [-0.05, 0) is 13.3 Å². The highest BCUT2D eigenvalue weighted by Crippen LogP contribution is 2.26. The Morgan fingerprint density at radius 3 is 2.69 bits per heavy atom. The summed E-state index contributed by atoms with van der Waals surface area (Å²) in [6.07, 6.45) is 0.140. The van der Waals surface area contributed by atoms with Crippen LogP contribution in [0.4, 0.5) is 8.78 Å². The molecule has 2 fully saturated rings. The molecule has 0 radical (unpaired) electrons. The molecule has 92 valence electrons. The van der Waals surface area contributed by atoms with E-state index in [2.05, 4.69) is 4.74 Å². The summed E-state index contributed by atoms with van der Waals surface area (Å²) in [5.74, 6) is -0.119. The summed E-state index contributed by atoms with van der Waals surface area (Å²) >= 11 is 0. The number of halogens is 2. The van der Waals surface area contributed by atoms with E-state index in [1.165, 1.54) is 0 Å². The number of rotatable bonds is 3. The molecule has 2 atom stereocenters. The van der Waals surface area contributed by atoms with E-state index in [0.29, 0.717) is 6.61 Å². The van der Waals surface area contributed by atoms with Gasteiger partial charge in [-0.2, -0.15) is 8.78 Å². The first kappa shape index (κ1) is 11.7. The van der Waals surface area contributed by atoms with E-state index in [1.807, 2.05) is 6.92 Å². The smallest absolute Gasteiger partial charge is 0.345 e. The molecule has 0 aromatic carbocycles. The molecule has 0 bridgehead atoms. The van der Waals surface area contributed by atoms with E-state index < -0.39 is 12.7 Å². The average molecular weight is 235 g/mol. The van der Waals surface area contributed by atoms with Gasteiger partial charge in [0.25, 0.3) is 0 Å². The number of hydrogen-bond donors (Lipinski definition) is 0. The van der Waals surface area contributed by atoms with Gasteiger partial charge < -0.3 is 14.4 Å². The zero-order chi connectivity index (χ0) is 11.7. The first-order valence-corrected chi connectivity index (χ1v) is 5.42. The SMILES string of the molecule is CC1OCCC1C(=O)N1CC(OC(F)F)C1. The summed E-state index contributed by atoms with van der Waals surface area (Å²) in [6, 6.07) is 0. The number of hydrogen-bond acceptors (Lipinski definition) is 3. The Morgan fingerprint density at radius 1 is 1.50 bits per heavy atom. The highest BCUT2D eigenvalue weighted by Gasteiger charge is 2.40. The number of likely N-dealkylation sites (tertiary alicyclic amines) is 1. The first-order chi connectivity index (χ1) is 7.58. The van der Waals surface area contributed by atoms with Gasteiger partial charge in [-0.25, -0.2) is 0 Å². The van der Waals surface area contributed by atoms with Crippen molar-refractivity contribution in [2.24, 2.45) is 5.92 Å². The molecule has 2 aliphatic rings. The maximum atomic E-state index is 11.9. The van der Waals surface area contributed by atoms with Crippen LogP contribution in [0.3, 0.4) is 0 Å². The second-order valence-corrected chi connectivity index (χ2v) is 4.23. The zero-order valence-electron chi connectivity index (χ0n) is 9.07. The standard InChI is InChI=1S/C10H15F2NO3/c1-6-8(2-3-15-6)9(14)13-4-7(5-13)16-10(11)12/h6-8,10H,2-5H2,1H3. The third-order valence-electron chi connectivity index (χ3n) is 3.15. The van der Waals surface area contributed by atoms with Crippen LogP contribution in [-0.2, 0) is 14.3 Å². The van der Waals surface area contributed by atoms with Crippen LogP contribution in [0, 0.1) is 5.92 Å². The number of carbonyl (C=O) groups excluding carboxylic acids is 1. The van der Waals surface area contributed by atoms with E-state index in [0.717, 1.165) is 6.42 Å². The fourth-order valence-electron chi connectivity index (χ4n) is 2.14. The molecule has 6 heteroatoms. The third kappa shape index (κ3) is 2.32. The molecule has 2 saturated heterocycles. The van der Waals surface area contributed by atoms with E-state index >= 15 is 0 Å². The van der Waals surface area contributed by atoms with Crippen molar-refractivity contribution in [3.8, 4) is 0 Å². The van der Waals surface area contributed by atoms with E-state index in [4.69, 9.17) is 4.74 Å². The van der Waals surface area contributed by atoms with Gasteiger partial charge in [0.05, 0.1) is 18.1 Å². The highest BCUT2D eigenvalue weighted by atomic mass is 19.3. The fourth-order valence-corrected chi connectivity index (χ4v) is 2.14. The fraction of sp³-hybridized carbons (Fsp3) is 0.900. The molecule has 0 spiro atoms. The molecule has 0 saturated carbocycles. The molecule has 2 rings (SSSR count). The molecule has 2 unspecified atom stereocenters. The lowest BCUT2D eigenvalue weighted by Gasteiger charge is -2.40. The highest BCUT2D eigenvalue weighted by molar-refractivity contribution is 5.80. The largest absolute Gasteiger partial charge is 0.378 e. The van der Waals surface area contributed by atoms with E-state index in [1.54, 1.807) is 4.90 Å². The second kappa shape index (κ2) is 4.63. The summed E-state index contributed by atoms with van der Waals surface area (Å²) in [4.78, 5) is 13.4. The summed E-state index contributed by atoms with van der Waals surface area (Å²) in [7, 11) is 0. The van der Waals surface area contributed by atoms with Gasteiger partial charge in [0.1, 0.15) is 0 Å². The lowest BCUT2D eigenvalue weighted by Crippen LogP contribution is -2.57. The van der Waals surface area contributed by atoms with Gasteiger partial charge in [-0.1, -0.05) is 0 Å². The molecule has 0 aromatic heterocycles. The van der Waals surface area contributed by atoms with Gasteiger partial charge in [-0.3, -0.25) is 4.79 Å². The van der Waals surface area contributed by atoms with Gasteiger partial charge >= 0.3 is 6.61 Å². The van der Waals surface area contributed by atoms with Crippen molar-refractivity contribution in [1.29, 1.82) is 0 Å². The molecule has 2 heterocycles. The maximum absolute atomic E-state index is 11.9. The normalized spacial score (nSPS) is 30.9. The van der Waals surface area contributed by atoms with Gasteiger partial charge in [0.15, 0.2) is 0 Å². The summed E-state index contributed by atoms with van der Waals surface area (Å²) in [6.45, 7) is 0.250. The minimum Gasteiger partial charge on any atom is -0.378 e. The Hall–Kier alpha value is -0.750. The van der Waals surface area contributed by atoms with Crippen LogP contribution >= 0.6 is 0 Å². The van der Waals surface area contributed by atoms with Crippen molar-refractivity contribution in [3.63, 3.8) is 0 Å². The Bertz CT molecular complexity index is 269.